The van der Waals surface area contributed by atoms with Crippen LogP contribution in [0, 0.1) is 0 Å². The highest BCUT2D eigenvalue weighted by atomic mass is 79.9. The number of hydrogen-bond acceptors (Lipinski definition) is 1. The first-order chi connectivity index (χ1) is 6.97. The van der Waals surface area contributed by atoms with Crippen molar-refractivity contribution >= 4 is 15.9 Å². The molecule has 15 heavy (non-hydrogen) atoms. The molecule has 1 nitrogen and oxygen atoms in total. The third-order valence-corrected chi connectivity index (χ3v) is 3.06. The third-order valence-electron chi connectivity index (χ3n) is 2.57. The molecule has 1 aromatic carbocycles. The Morgan fingerprint density at radius 2 is 1.93 bits per heavy atom. The van der Waals surface area contributed by atoms with Gasteiger partial charge in [0, 0.05) is 10.0 Å². The molecule has 0 aliphatic heterocycles. The summed E-state index contributed by atoms with van der Waals surface area (Å²) >= 11 is 3.52. The van der Waals surface area contributed by atoms with Crippen molar-refractivity contribution in [3.8, 4) is 5.75 Å². The second-order valence-electron chi connectivity index (χ2n) is 5.21. The summed E-state index contributed by atoms with van der Waals surface area (Å²) in [4.78, 5) is 0. The second kappa shape index (κ2) is 3.82. The van der Waals surface area contributed by atoms with E-state index in [1.54, 1.807) is 0 Å². The van der Waals surface area contributed by atoms with Crippen molar-refractivity contribution in [2.75, 3.05) is 0 Å². The van der Waals surface area contributed by atoms with Gasteiger partial charge in [-0.1, -0.05) is 36.7 Å². The Bertz CT molecular complexity index is 361. The summed E-state index contributed by atoms with van der Waals surface area (Å²) in [6.45, 7) is 6.65. The second-order valence-corrected chi connectivity index (χ2v) is 6.12. The Balaban J connectivity index is 2.34. The zero-order chi connectivity index (χ0) is 11.1. The van der Waals surface area contributed by atoms with Gasteiger partial charge in [-0.25, -0.2) is 0 Å². The maximum absolute atomic E-state index is 5.92. The van der Waals surface area contributed by atoms with E-state index >= 15 is 0 Å². The summed E-state index contributed by atoms with van der Waals surface area (Å²) in [6.07, 6.45) is 2.88. The van der Waals surface area contributed by atoms with Crippen LogP contribution in [0.15, 0.2) is 22.7 Å². The molecule has 82 valence electrons. The average Bonchev–Trinajstić information content (AvgIpc) is 2.90. The molecule has 1 aromatic rings. The van der Waals surface area contributed by atoms with Crippen LogP contribution in [0.4, 0.5) is 0 Å². The topological polar surface area (TPSA) is 9.23 Å². The van der Waals surface area contributed by atoms with Crippen molar-refractivity contribution in [3.05, 3.63) is 28.2 Å². The van der Waals surface area contributed by atoms with Crippen LogP contribution < -0.4 is 4.74 Å². The molecule has 1 saturated carbocycles. The predicted molar refractivity (Wildman–Crippen MR) is 66.5 cm³/mol. The summed E-state index contributed by atoms with van der Waals surface area (Å²) in [5, 5.41) is 0. The molecule has 0 heterocycles. The van der Waals surface area contributed by atoms with E-state index in [4.69, 9.17) is 4.74 Å². The van der Waals surface area contributed by atoms with Crippen LogP contribution in [0.1, 0.15) is 39.2 Å². The lowest BCUT2D eigenvalue weighted by molar-refractivity contribution is 0.294. The fourth-order valence-corrected chi connectivity index (χ4v) is 1.92. The molecular formula is C13H17BrO. The van der Waals surface area contributed by atoms with Crippen molar-refractivity contribution in [1.82, 2.24) is 0 Å². The minimum Gasteiger partial charge on any atom is -0.490 e. The maximum atomic E-state index is 5.92. The van der Waals surface area contributed by atoms with Gasteiger partial charge in [0.15, 0.2) is 0 Å². The Hall–Kier alpha value is -0.500. The minimum absolute atomic E-state index is 0.133. The normalized spacial score (nSPS) is 16.5. The van der Waals surface area contributed by atoms with Gasteiger partial charge in [0.2, 0.25) is 0 Å². The molecule has 0 bridgehead atoms. The van der Waals surface area contributed by atoms with Gasteiger partial charge < -0.3 is 4.74 Å². The first kappa shape index (κ1) is 11.0. The molecule has 0 amide bonds. The molecule has 1 fully saturated rings. The van der Waals surface area contributed by atoms with Crippen molar-refractivity contribution in [2.45, 2.75) is 45.1 Å². The third kappa shape index (κ3) is 2.75. The summed E-state index contributed by atoms with van der Waals surface area (Å²) in [7, 11) is 0. The van der Waals surface area contributed by atoms with E-state index in [1.807, 2.05) is 6.07 Å². The van der Waals surface area contributed by atoms with Crippen LogP contribution in [0.2, 0.25) is 0 Å². The molecule has 0 spiro atoms. The quantitative estimate of drug-likeness (QED) is 0.778. The van der Waals surface area contributed by atoms with Crippen LogP contribution in [-0.4, -0.2) is 6.10 Å². The molecule has 1 aliphatic rings. The van der Waals surface area contributed by atoms with Crippen LogP contribution >= 0.6 is 15.9 Å². The van der Waals surface area contributed by atoms with Gasteiger partial charge in [0.1, 0.15) is 5.75 Å². The van der Waals surface area contributed by atoms with E-state index in [0.29, 0.717) is 6.10 Å². The summed E-state index contributed by atoms with van der Waals surface area (Å²) in [5.41, 5.74) is 1.41. The maximum Gasteiger partial charge on any atom is 0.123 e. The van der Waals surface area contributed by atoms with Gasteiger partial charge in [-0.3, -0.25) is 0 Å². The van der Waals surface area contributed by atoms with Crippen LogP contribution in [0.5, 0.6) is 5.75 Å². The van der Waals surface area contributed by atoms with Crippen molar-refractivity contribution < 1.29 is 4.74 Å². The van der Waals surface area contributed by atoms with E-state index in [9.17, 15) is 0 Å². The van der Waals surface area contributed by atoms with Gasteiger partial charge in [0.05, 0.1) is 6.10 Å². The zero-order valence-electron chi connectivity index (χ0n) is 9.51. The SMILES string of the molecule is CC(C)(C)c1cc(Br)ccc1OC1CC1. The first-order valence-electron chi connectivity index (χ1n) is 5.43. The molecule has 2 rings (SSSR count). The number of rotatable bonds is 2. The van der Waals surface area contributed by atoms with E-state index in [-0.39, 0.29) is 5.41 Å². The molecule has 0 unspecified atom stereocenters. The Kier molecular flexibility index (Phi) is 2.80. The molecule has 0 atom stereocenters. The zero-order valence-corrected chi connectivity index (χ0v) is 11.1. The first-order valence-corrected chi connectivity index (χ1v) is 6.23. The smallest absolute Gasteiger partial charge is 0.123 e. The molecule has 0 radical (unpaired) electrons. The highest BCUT2D eigenvalue weighted by Gasteiger charge is 2.27. The highest BCUT2D eigenvalue weighted by Crippen LogP contribution is 2.36. The van der Waals surface area contributed by atoms with E-state index in [0.717, 1.165) is 10.2 Å². The lowest BCUT2D eigenvalue weighted by Crippen LogP contribution is -2.14. The molecule has 2 heteroatoms. The Morgan fingerprint density at radius 3 is 2.47 bits per heavy atom. The number of ether oxygens (including phenoxy) is 1. The largest absolute Gasteiger partial charge is 0.490 e. The van der Waals surface area contributed by atoms with Crippen molar-refractivity contribution in [1.29, 1.82) is 0 Å². The Morgan fingerprint density at radius 1 is 1.27 bits per heavy atom. The fourth-order valence-electron chi connectivity index (χ4n) is 1.56. The molecule has 1 aliphatic carbocycles. The van der Waals surface area contributed by atoms with Crippen LogP contribution in [0.3, 0.4) is 0 Å². The highest BCUT2D eigenvalue weighted by molar-refractivity contribution is 9.10. The lowest BCUT2D eigenvalue weighted by Gasteiger charge is -2.23. The molecule has 0 aromatic heterocycles. The fraction of sp³-hybridized carbons (Fsp3) is 0.538. The Labute approximate surface area is 100.0 Å². The van der Waals surface area contributed by atoms with Crippen molar-refractivity contribution in [2.24, 2.45) is 0 Å². The van der Waals surface area contributed by atoms with Crippen LogP contribution in [0.25, 0.3) is 0 Å². The molecular weight excluding hydrogens is 252 g/mol. The molecule has 0 saturated heterocycles. The summed E-state index contributed by atoms with van der Waals surface area (Å²) < 4.78 is 7.04. The van der Waals surface area contributed by atoms with Gasteiger partial charge >= 0.3 is 0 Å². The predicted octanol–water partition coefficient (Wildman–Crippen LogP) is 4.29. The van der Waals surface area contributed by atoms with E-state index in [1.165, 1.54) is 18.4 Å². The average molecular weight is 269 g/mol. The number of halogens is 1. The van der Waals surface area contributed by atoms with Crippen LogP contribution in [-0.2, 0) is 5.41 Å². The standard InChI is InChI=1S/C13H17BrO/c1-13(2,3)11-8-9(14)4-7-12(11)15-10-5-6-10/h4,7-8,10H,5-6H2,1-3H3. The van der Waals surface area contributed by atoms with Gasteiger partial charge in [-0.15, -0.1) is 0 Å². The summed E-state index contributed by atoms with van der Waals surface area (Å²) in [6, 6.07) is 6.29. The van der Waals surface area contributed by atoms with Crippen molar-refractivity contribution in [3.63, 3.8) is 0 Å². The van der Waals surface area contributed by atoms with Gasteiger partial charge in [-0.2, -0.15) is 0 Å². The number of hydrogen-bond donors (Lipinski definition) is 0. The lowest BCUT2D eigenvalue weighted by atomic mass is 9.86. The van der Waals surface area contributed by atoms with E-state index in [2.05, 4.69) is 48.8 Å². The van der Waals surface area contributed by atoms with Gasteiger partial charge in [-0.05, 0) is 36.5 Å². The monoisotopic (exact) mass is 268 g/mol. The molecule has 0 N–H and O–H groups in total. The van der Waals surface area contributed by atoms with Gasteiger partial charge in [0.25, 0.3) is 0 Å². The minimum atomic E-state index is 0.133. The summed E-state index contributed by atoms with van der Waals surface area (Å²) in [5.74, 6) is 1.05. The number of benzene rings is 1. The van der Waals surface area contributed by atoms with E-state index < -0.39 is 0 Å².